The zero-order chi connectivity index (χ0) is 22.3. The van der Waals surface area contributed by atoms with Crippen LogP contribution < -0.4 is 11.1 Å². The van der Waals surface area contributed by atoms with Crippen LogP contribution in [0.3, 0.4) is 0 Å². The molecule has 0 amide bonds. The molecule has 1 unspecified atom stereocenters. The number of anilines is 2. The molecule has 3 heterocycles. The van der Waals surface area contributed by atoms with Crippen LogP contribution in [0.2, 0.25) is 0 Å². The summed E-state index contributed by atoms with van der Waals surface area (Å²) in [5, 5.41) is 3.21. The van der Waals surface area contributed by atoms with Crippen molar-refractivity contribution in [3.63, 3.8) is 0 Å². The fourth-order valence-corrected chi connectivity index (χ4v) is 3.46. The van der Waals surface area contributed by atoms with Gasteiger partial charge < -0.3 is 25.3 Å². The van der Waals surface area contributed by atoms with E-state index in [1.165, 1.54) is 17.8 Å². The third-order valence-corrected chi connectivity index (χ3v) is 4.99. The van der Waals surface area contributed by atoms with Gasteiger partial charge in [0.1, 0.15) is 12.7 Å². The predicted octanol–water partition coefficient (Wildman–Crippen LogP) is 0.716. The van der Waals surface area contributed by atoms with Crippen molar-refractivity contribution >= 4 is 34.9 Å². The van der Waals surface area contributed by atoms with E-state index in [-0.39, 0.29) is 24.2 Å². The first-order valence-corrected chi connectivity index (χ1v) is 9.62. The molecular weight excluding hydrogens is 411 g/mol. The van der Waals surface area contributed by atoms with Gasteiger partial charge in [-0.15, -0.1) is 6.42 Å². The number of fused-ring (bicyclic) bond motifs is 1. The Bertz CT molecular complexity index is 1080. The number of ether oxygens (including phenoxy) is 3. The number of nitrogens with zero attached hydrogens (tertiary/aromatic N) is 4. The number of esters is 2. The Morgan fingerprint density at radius 3 is 2.77 bits per heavy atom. The molecule has 0 bridgehead atoms. The Balaban J connectivity index is 1.76. The number of hydrogen-bond donors (Lipinski definition) is 2. The zero-order valence-electron chi connectivity index (χ0n) is 16.9. The minimum Gasteiger partial charge on any atom is -0.463 e. The van der Waals surface area contributed by atoms with Crippen molar-refractivity contribution < 1.29 is 28.2 Å². The van der Waals surface area contributed by atoms with E-state index in [4.69, 9.17) is 26.4 Å². The lowest BCUT2D eigenvalue weighted by molar-refractivity contribution is -0.157. The number of halogens is 1. The first kappa shape index (κ1) is 20.8. The first-order valence-electron chi connectivity index (χ1n) is 9.62. The first-order chi connectivity index (χ1) is 14.7. The number of rotatable bonds is 6. The van der Waals surface area contributed by atoms with Gasteiger partial charge >= 0.3 is 11.9 Å². The van der Waals surface area contributed by atoms with Crippen molar-refractivity contribution in [2.24, 2.45) is 0 Å². The van der Waals surface area contributed by atoms with Gasteiger partial charge in [0.25, 0.3) is 5.67 Å². The van der Waals surface area contributed by atoms with Crippen molar-refractivity contribution in [3.8, 4) is 12.3 Å². The summed E-state index contributed by atoms with van der Waals surface area (Å²) in [6.45, 7) is 1.94. The normalized spacial score (nSPS) is 27.6. The minimum atomic E-state index is -2.60. The second kappa shape index (κ2) is 7.66. The molecule has 1 aliphatic carbocycles. The lowest BCUT2D eigenvalue weighted by Gasteiger charge is -2.26. The minimum absolute atomic E-state index is 0.0476. The monoisotopic (exact) mass is 432 g/mol. The molecule has 0 aromatic carbocycles. The Hall–Kier alpha value is -3.46. The molecule has 0 radical (unpaired) electrons. The summed E-state index contributed by atoms with van der Waals surface area (Å²) in [4.78, 5) is 35.5. The summed E-state index contributed by atoms with van der Waals surface area (Å²) in [6.07, 6.45) is 4.64. The standard InChI is InChI=1S/C19H21FN6O5/c1-4-19(20)14(30-10(3)28)12(7-29-9(2)27)31-17(19)26-8-22-13-15(23-11-5-6-11)24-18(21)25-16(13)26/h1,8,11-12,14,17H,5-7H2,2-3H3,(H3,21,23,24,25)/t12-,14+,17-,19?/m1/s1. The highest BCUT2D eigenvalue weighted by Crippen LogP contribution is 2.44. The lowest BCUT2D eigenvalue weighted by Crippen LogP contribution is -2.45. The van der Waals surface area contributed by atoms with Gasteiger partial charge in [0.15, 0.2) is 29.3 Å². The van der Waals surface area contributed by atoms with E-state index in [0.29, 0.717) is 11.3 Å². The van der Waals surface area contributed by atoms with Crippen LogP contribution >= 0.6 is 0 Å². The number of alkyl halides is 1. The average molecular weight is 432 g/mol. The lowest BCUT2D eigenvalue weighted by atomic mass is 9.96. The van der Waals surface area contributed by atoms with Crippen LogP contribution in [0.25, 0.3) is 11.2 Å². The van der Waals surface area contributed by atoms with Gasteiger partial charge in [0, 0.05) is 19.9 Å². The number of carbonyl (C=O) groups excluding carboxylic acids is 2. The molecular formula is C19H21FN6O5. The second-order valence-corrected chi connectivity index (χ2v) is 7.44. The fourth-order valence-electron chi connectivity index (χ4n) is 3.46. The largest absolute Gasteiger partial charge is 0.463 e. The maximum atomic E-state index is 16.1. The van der Waals surface area contributed by atoms with E-state index in [9.17, 15) is 9.59 Å². The molecule has 2 aliphatic rings. The van der Waals surface area contributed by atoms with Crippen LogP contribution in [0.15, 0.2) is 6.33 Å². The van der Waals surface area contributed by atoms with Crippen molar-refractivity contribution in [1.82, 2.24) is 19.5 Å². The molecule has 3 N–H and O–H groups in total. The maximum absolute atomic E-state index is 16.1. The van der Waals surface area contributed by atoms with Crippen LogP contribution in [0, 0.1) is 12.3 Å². The zero-order valence-corrected chi connectivity index (χ0v) is 16.9. The third-order valence-electron chi connectivity index (χ3n) is 4.99. The van der Waals surface area contributed by atoms with Gasteiger partial charge in [0.2, 0.25) is 5.95 Å². The summed E-state index contributed by atoms with van der Waals surface area (Å²) in [5.41, 5.74) is 3.79. The topological polar surface area (TPSA) is 143 Å². The van der Waals surface area contributed by atoms with Crippen LogP contribution in [-0.4, -0.2) is 62.0 Å². The van der Waals surface area contributed by atoms with Crippen molar-refractivity contribution in [2.45, 2.75) is 56.8 Å². The van der Waals surface area contributed by atoms with Gasteiger partial charge in [-0.25, -0.2) is 9.37 Å². The molecule has 4 atom stereocenters. The van der Waals surface area contributed by atoms with E-state index in [1.807, 2.05) is 5.92 Å². The third kappa shape index (κ3) is 3.84. The second-order valence-electron chi connectivity index (χ2n) is 7.44. The van der Waals surface area contributed by atoms with Crippen LogP contribution in [-0.2, 0) is 23.8 Å². The number of nitrogens with two attached hydrogens (primary N) is 1. The molecule has 164 valence electrons. The highest BCUT2D eigenvalue weighted by Gasteiger charge is 2.61. The SMILES string of the molecule is C#CC1(F)[C@@H](OC(C)=O)[C@@H](COC(C)=O)O[C@H]1n1cnc2c(NC3CC3)nc(N)nc21. The molecule has 0 spiro atoms. The van der Waals surface area contributed by atoms with E-state index in [1.54, 1.807) is 0 Å². The Labute approximate surface area is 176 Å². The molecule has 31 heavy (non-hydrogen) atoms. The van der Waals surface area contributed by atoms with Gasteiger partial charge in [-0.05, 0) is 12.8 Å². The molecule has 2 aromatic heterocycles. The summed E-state index contributed by atoms with van der Waals surface area (Å²) >= 11 is 0. The molecule has 2 fully saturated rings. The van der Waals surface area contributed by atoms with Crippen molar-refractivity contribution in [3.05, 3.63) is 6.33 Å². The van der Waals surface area contributed by atoms with Crippen LogP contribution in [0.1, 0.15) is 32.9 Å². The van der Waals surface area contributed by atoms with Crippen molar-refractivity contribution in [1.29, 1.82) is 0 Å². The van der Waals surface area contributed by atoms with Crippen LogP contribution in [0.5, 0.6) is 0 Å². The summed E-state index contributed by atoms with van der Waals surface area (Å²) in [6, 6.07) is 0.262. The Kier molecular flexibility index (Phi) is 5.14. The maximum Gasteiger partial charge on any atom is 0.303 e. The fraction of sp³-hybridized carbons (Fsp3) is 0.526. The summed E-state index contributed by atoms with van der Waals surface area (Å²) < 4.78 is 33.2. The van der Waals surface area contributed by atoms with Crippen LogP contribution in [0.4, 0.5) is 16.2 Å². The molecule has 11 nitrogen and oxygen atoms in total. The highest BCUT2D eigenvalue weighted by molar-refractivity contribution is 5.84. The van der Waals surface area contributed by atoms with Gasteiger partial charge in [0.05, 0.1) is 6.33 Å². The molecule has 1 aliphatic heterocycles. The van der Waals surface area contributed by atoms with Crippen molar-refractivity contribution in [2.75, 3.05) is 17.7 Å². The quantitative estimate of drug-likeness (QED) is 0.495. The Morgan fingerprint density at radius 2 is 2.16 bits per heavy atom. The van der Waals surface area contributed by atoms with E-state index < -0.39 is 36.0 Å². The van der Waals surface area contributed by atoms with E-state index in [0.717, 1.165) is 19.8 Å². The number of carbonyl (C=O) groups is 2. The number of nitrogens with one attached hydrogen (secondary N) is 1. The van der Waals surface area contributed by atoms with Gasteiger partial charge in [-0.1, -0.05) is 5.92 Å². The number of hydrogen-bond acceptors (Lipinski definition) is 10. The highest BCUT2D eigenvalue weighted by atomic mass is 19.1. The number of nitrogen functional groups attached to an aromatic ring is 1. The molecule has 12 heteroatoms. The number of imidazole rings is 1. The Morgan fingerprint density at radius 1 is 1.42 bits per heavy atom. The predicted molar refractivity (Wildman–Crippen MR) is 105 cm³/mol. The summed E-state index contributed by atoms with van der Waals surface area (Å²) in [7, 11) is 0. The molecule has 4 rings (SSSR count). The van der Waals surface area contributed by atoms with Gasteiger partial charge in [-0.3, -0.25) is 14.2 Å². The van der Waals surface area contributed by atoms with Gasteiger partial charge in [-0.2, -0.15) is 9.97 Å². The average Bonchev–Trinajstić information content (AvgIpc) is 3.36. The molecule has 2 aromatic rings. The molecule has 1 saturated carbocycles. The number of terminal acetylenes is 1. The van der Waals surface area contributed by atoms with E-state index >= 15 is 4.39 Å². The number of aromatic nitrogens is 4. The summed E-state index contributed by atoms with van der Waals surface area (Å²) in [5.74, 6) is 1.03. The smallest absolute Gasteiger partial charge is 0.303 e. The molecule has 1 saturated heterocycles. The van der Waals surface area contributed by atoms with E-state index in [2.05, 4.69) is 20.3 Å².